The first-order valence-corrected chi connectivity index (χ1v) is 4.16. The zero-order valence-corrected chi connectivity index (χ0v) is 7.49. The van der Waals surface area contributed by atoms with Gasteiger partial charge in [-0.05, 0) is 30.5 Å². The average Bonchev–Trinajstić information content (AvgIpc) is 2.06. The highest BCUT2D eigenvalue weighted by Crippen LogP contribution is 2.19. The van der Waals surface area contributed by atoms with Gasteiger partial charge in [0.15, 0.2) is 0 Å². The molecule has 12 heavy (non-hydrogen) atoms. The largest absolute Gasteiger partial charge is 0.508 e. The molecule has 1 nitrogen and oxygen atoms in total. The summed E-state index contributed by atoms with van der Waals surface area (Å²) < 4.78 is 0. The monoisotopic (exact) mass is 162 g/mol. The van der Waals surface area contributed by atoms with Crippen LogP contribution in [0.5, 0.6) is 5.75 Å². The maximum atomic E-state index is 9.05. The first-order chi connectivity index (χ1) is 5.74. The molecular formula is C11H14O. The summed E-state index contributed by atoms with van der Waals surface area (Å²) in [5.41, 5.74) is 1.23. The average molecular weight is 162 g/mol. The Morgan fingerprint density at radius 1 is 1.25 bits per heavy atom. The molecule has 0 spiro atoms. The van der Waals surface area contributed by atoms with Gasteiger partial charge in [0.2, 0.25) is 0 Å². The third-order valence-corrected chi connectivity index (χ3v) is 1.90. The molecule has 64 valence electrons. The minimum absolute atomic E-state index is 0.325. The fourth-order valence-electron chi connectivity index (χ4n) is 1.18. The fourth-order valence-corrected chi connectivity index (χ4v) is 1.18. The predicted octanol–water partition coefficient (Wildman–Crippen LogP) is 3.07. The molecule has 1 heteroatoms. The number of phenolic OH excluding ortho intramolecular Hbond substituents is 1. The van der Waals surface area contributed by atoms with Crippen LogP contribution in [-0.4, -0.2) is 5.11 Å². The summed E-state index contributed by atoms with van der Waals surface area (Å²) in [5.74, 6) is 0.752. The van der Waals surface area contributed by atoms with Crippen LogP contribution in [-0.2, 0) is 0 Å². The van der Waals surface area contributed by atoms with Crippen LogP contribution in [0.2, 0.25) is 0 Å². The lowest BCUT2D eigenvalue weighted by Crippen LogP contribution is -1.87. The Balaban J connectivity index is 2.82. The molecule has 0 amide bonds. The molecule has 1 N–H and O–H groups in total. The van der Waals surface area contributed by atoms with Crippen molar-refractivity contribution in [3.8, 4) is 5.75 Å². The summed E-state index contributed by atoms with van der Waals surface area (Å²) in [6.45, 7) is 4.14. The van der Waals surface area contributed by atoms with Gasteiger partial charge in [-0.3, -0.25) is 0 Å². The smallest absolute Gasteiger partial charge is 0.115 e. The van der Waals surface area contributed by atoms with E-state index in [9.17, 15) is 0 Å². The minimum atomic E-state index is 0.325. The summed E-state index contributed by atoms with van der Waals surface area (Å²) in [5, 5.41) is 9.05. The van der Waals surface area contributed by atoms with Crippen LogP contribution in [0.25, 0.3) is 0 Å². The van der Waals surface area contributed by atoms with Crippen molar-refractivity contribution in [2.45, 2.75) is 19.8 Å². The number of hydrogen-bond donors (Lipinski definition) is 1. The van der Waals surface area contributed by atoms with Gasteiger partial charge in [0.05, 0.1) is 0 Å². The molecule has 1 rings (SSSR count). The molecule has 0 saturated heterocycles. The third kappa shape index (κ3) is 2.12. The zero-order valence-electron chi connectivity index (χ0n) is 7.49. The Labute approximate surface area is 73.4 Å². The molecule has 0 aliphatic rings. The van der Waals surface area contributed by atoms with E-state index in [0.717, 1.165) is 0 Å². The fraction of sp³-hybridized carbons (Fsp3) is 0.273. The van der Waals surface area contributed by atoms with E-state index < -0.39 is 0 Å². The van der Waals surface area contributed by atoms with E-state index in [1.165, 1.54) is 5.56 Å². The molecule has 0 aliphatic carbocycles. The minimum Gasteiger partial charge on any atom is -0.508 e. The third-order valence-electron chi connectivity index (χ3n) is 1.90. The first-order valence-electron chi connectivity index (χ1n) is 4.16. The van der Waals surface area contributed by atoms with Crippen molar-refractivity contribution >= 4 is 0 Å². The Morgan fingerprint density at radius 2 is 1.83 bits per heavy atom. The van der Waals surface area contributed by atoms with Crippen LogP contribution in [0.1, 0.15) is 25.3 Å². The van der Waals surface area contributed by atoms with Crippen molar-refractivity contribution in [2.24, 2.45) is 0 Å². The highest BCUT2D eigenvalue weighted by Gasteiger charge is 1.99. The number of hydrogen-bond acceptors (Lipinski definition) is 1. The standard InChI is InChI=1S/C11H14O/c1-3-4-9(2)10-5-7-11(12)8-6-10/h3-9,12H,1-2H3. The highest BCUT2D eigenvalue weighted by atomic mass is 16.3. The van der Waals surface area contributed by atoms with Crippen LogP contribution in [0.15, 0.2) is 36.4 Å². The summed E-state index contributed by atoms with van der Waals surface area (Å²) in [7, 11) is 0. The number of rotatable bonds is 2. The molecule has 1 aromatic carbocycles. The molecule has 0 bridgehead atoms. The Bertz CT molecular complexity index is 259. The second-order valence-corrected chi connectivity index (χ2v) is 2.91. The zero-order chi connectivity index (χ0) is 8.97. The van der Waals surface area contributed by atoms with Crippen LogP contribution in [0.4, 0.5) is 0 Å². The second-order valence-electron chi connectivity index (χ2n) is 2.91. The second kappa shape index (κ2) is 3.96. The molecule has 0 heterocycles. The quantitative estimate of drug-likeness (QED) is 0.662. The molecule has 0 aromatic heterocycles. The van der Waals surface area contributed by atoms with Gasteiger partial charge in [-0.1, -0.05) is 31.2 Å². The SMILES string of the molecule is CC=CC(C)c1ccc(O)cc1. The predicted molar refractivity (Wildman–Crippen MR) is 51.3 cm³/mol. The van der Waals surface area contributed by atoms with E-state index in [1.807, 2.05) is 25.1 Å². The van der Waals surface area contributed by atoms with Crippen molar-refractivity contribution in [2.75, 3.05) is 0 Å². The van der Waals surface area contributed by atoms with Crippen molar-refractivity contribution in [1.82, 2.24) is 0 Å². The normalized spacial score (nSPS) is 13.5. The molecule has 1 unspecified atom stereocenters. The van der Waals surface area contributed by atoms with E-state index in [2.05, 4.69) is 13.0 Å². The summed E-state index contributed by atoms with van der Waals surface area (Å²) in [4.78, 5) is 0. The van der Waals surface area contributed by atoms with Crippen molar-refractivity contribution in [3.05, 3.63) is 42.0 Å². The maximum absolute atomic E-state index is 9.05. The van der Waals surface area contributed by atoms with Gasteiger partial charge in [-0.2, -0.15) is 0 Å². The highest BCUT2D eigenvalue weighted by molar-refractivity contribution is 5.29. The summed E-state index contributed by atoms with van der Waals surface area (Å²) in [6.07, 6.45) is 4.17. The van der Waals surface area contributed by atoms with Crippen molar-refractivity contribution in [1.29, 1.82) is 0 Å². The summed E-state index contributed by atoms with van der Waals surface area (Å²) >= 11 is 0. The summed E-state index contributed by atoms with van der Waals surface area (Å²) in [6, 6.07) is 7.32. The van der Waals surface area contributed by atoms with Gasteiger partial charge in [-0.25, -0.2) is 0 Å². The molecule has 0 aliphatic heterocycles. The maximum Gasteiger partial charge on any atom is 0.115 e. The van der Waals surface area contributed by atoms with Gasteiger partial charge in [0.25, 0.3) is 0 Å². The van der Waals surface area contributed by atoms with E-state index in [0.29, 0.717) is 11.7 Å². The van der Waals surface area contributed by atoms with E-state index in [1.54, 1.807) is 12.1 Å². The molecule has 1 atom stereocenters. The lowest BCUT2D eigenvalue weighted by atomic mass is 10.0. The Hall–Kier alpha value is -1.24. The molecule has 0 radical (unpaired) electrons. The van der Waals surface area contributed by atoms with E-state index in [-0.39, 0.29) is 0 Å². The van der Waals surface area contributed by atoms with E-state index >= 15 is 0 Å². The molecular weight excluding hydrogens is 148 g/mol. The van der Waals surface area contributed by atoms with Crippen LogP contribution in [0.3, 0.4) is 0 Å². The van der Waals surface area contributed by atoms with Crippen LogP contribution in [0, 0.1) is 0 Å². The van der Waals surface area contributed by atoms with Gasteiger partial charge >= 0.3 is 0 Å². The molecule has 0 fully saturated rings. The number of aromatic hydroxyl groups is 1. The van der Waals surface area contributed by atoms with Crippen molar-refractivity contribution in [3.63, 3.8) is 0 Å². The topological polar surface area (TPSA) is 20.2 Å². The molecule has 0 saturated carbocycles. The van der Waals surface area contributed by atoms with Gasteiger partial charge < -0.3 is 5.11 Å². The Morgan fingerprint density at radius 3 is 2.33 bits per heavy atom. The van der Waals surface area contributed by atoms with Crippen LogP contribution < -0.4 is 0 Å². The van der Waals surface area contributed by atoms with Gasteiger partial charge in [0, 0.05) is 0 Å². The lowest BCUT2D eigenvalue weighted by Gasteiger charge is -2.05. The molecule has 1 aromatic rings. The van der Waals surface area contributed by atoms with Gasteiger partial charge in [-0.15, -0.1) is 0 Å². The van der Waals surface area contributed by atoms with Gasteiger partial charge in [0.1, 0.15) is 5.75 Å². The number of phenols is 1. The van der Waals surface area contributed by atoms with Crippen molar-refractivity contribution < 1.29 is 5.11 Å². The number of allylic oxidation sites excluding steroid dienone is 2. The lowest BCUT2D eigenvalue weighted by molar-refractivity contribution is 0.475. The number of benzene rings is 1. The van der Waals surface area contributed by atoms with Crippen LogP contribution >= 0.6 is 0 Å². The first kappa shape index (κ1) is 8.85. The van der Waals surface area contributed by atoms with E-state index in [4.69, 9.17) is 5.11 Å². The Kier molecular flexibility index (Phi) is 2.92.